The Morgan fingerprint density at radius 1 is 1.32 bits per heavy atom. The average Bonchev–Trinajstić information content (AvgIpc) is 3.32. The molecule has 8 heteroatoms. The fourth-order valence-electron chi connectivity index (χ4n) is 3.31. The molecule has 0 aliphatic carbocycles. The molecule has 1 atom stereocenters. The van der Waals surface area contributed by atoms with Gasteiger partial charge in [-0.3, -0.25) is 9.89 Å². The zero-order chi connectivity index (χ0) is 20.6. The van der Waals surface area contributed by atoms with E-state index in [2.05, 4.69) is 53.8 Å². The number of nitrogens with zero attached hydrogens (tertiary/aromatic N) is 2. The van der Waals surface area contributed by atoms with Crippen molar-refractivity contribution in [1.29, 1.82) is 0 Å². The highest BCUT2D eigenvalue weighted by Gasteiger charge is 2.25. The molecule has 0 amide bonds. The van der Waals surface area contributed by atoms with Crippen molar-refractivity contribution in [2.24, 2.45) is 10.4 Å². The first-order valence-electron chi connectivity index (χ1n) is 10.2. The van der Waals surface area contributed by atoms with Crippen LogP contribution in [0.15, 0.2) is 22.5 Å². The number of rotatable bonds is 10. The molecule has 2 N–H and O–H groups in total. The van der Waals surface area contributed by atoms with Gasteiger partial charge in [0.05, 0.1) is 11.8 Å². The molecule has 28 heavy (non-hydrogen) atoms. The fraction of sp³-hybridized carbons (Fsp3) is 0.750. The van der Waals surface area contributed by atoms with Crippen molar-refractivity contribution in [3.63, 3.8) is 0 Å². The van der Waals surface area contributed by atoms with Crippen LogP contribution in [0.2, 0.25) is 0 Å². The lowest BCUT2D eigenvalue weighted by Crippen LogP contribution is -2.43. The largest absolute Gasteiger partial charge is 0.357 e. The van der Waals surface area contributed by atoms with E-state index in [1.54, 1.807) is 0 Å². The van der Waals surface area contributed by atoms with Crippen molar-refractivity contribution < 1.29 is 8.42 Å². The molecule has 160 valence electrons. The number of aliphatic imine (C=N–C) groups is 1. The van der Waals surface area contributed by atoms with Crippen LogP contribution in [-0.4, -0.2) is 64.0 Å². The van der Waals surface area contributed by atoms with Crippen LogP contribution in [0.1, 0.15) is 51.0 Å². The Labute approximate surface area is 174 Å². The molecule has 6 nitrogen and oxygen atoms in total. The van der Waals surface area contributed by atoms with Gasteiger partial charge in [-0.05, 0) is 56.1 Å². The van der Waals surface area contributed by atoms with Crippen molar-refractivity contribution in [2.45, 2.75) is 46.1 Å². The number of sulfone groups is 1. The van der Waals surface area contributed by atoms with Crippen molar-refractivity contribution >= 4 is 27.1 Å². The van der Waals surface area contributed by atoms with Gasteiger partial charge in [-0.25, -0.2) is 8.42 Å². The Hall–Kier alpha value is -1.12. The first kappa shape index (κ1) is 23.2. The van der Waals surface area contributed by atoms with E-state index >= 15 is 0 Å². The smallest absolute Gasteiger partial charge is 0.191 e. The molecule has 1 aromatic heterocycles. The second-order valence-corrected chi connectivity index (χ2v) is 11.6. The third-order valence-corrected chi connectivity index (χ3v) is 6.99. The minimum absolute atomic E-state index is 0.159. The van der Waals surface area contributed by atoms with Gasteiger partial charge in [0.2, 0.25) is 0 Å². The van der Waals surface area contributed by atoms with Crippen LogP contribution >= 0.6 is 11.3 Å². The first-order valence-corrected chi connectivity index (χ1v) is 13.1. The molecular formula is C20H36N4O2S2. The molecule has 1 saturated heterocycles. The fourth-order valence-corrected chi connectivity index (χ4v) is 5.10. The predicted octanol–water partition coefficient (Wildman–Crippen LogP) is 2.90. The molecule has 0 radical (unpaired) electrons. The zero-order valence-corrected chi connectivity index (χ0v) is 19.3. The summed E-state index contributed by atoms with van der Waals surface area (Å²) in [4.78, 5) is 8.69. The summed E-state index contributed by atoms with van der Waals surface area (Å²) >= 11 is 1.81. The molecule has 0 spiro atoms. The maximum atomic E-state index is 11.5. The summed E-state index contributed by atoms with van der Waals surface area (Å²) < 4.78 is 22.9. The van der Waals surface area contributed by atoms with Gasteiger partial charge >= 0.3 is 0 Å². The van der Waals surface area contributed by atoms with Crippen molar-refractivity contribution in [1.82, 2.24) is 15.5 Å². The Kier molecular flexibility index (Phi) is 8.77. The number of hydrogen-bond acceptors (Lipinski definition) is 5. The number of thiophene rings is 1. The second-order valence-electron chi connectivity index (χ2n) is 8.39. The van der Waals surface area contributed by atoms with Gasteiger partial charge < -0.3 is 10.6 Å². The quantitative estimate of drug-likeness (QED) is 0.443. The summed E-state index contributed by atoms with van der Waals surface area (Å²) in [5, 5.41) is 8.98. The maximum absolute atomic E-state index is 11.5. The minimum Gasteiger partial charge on any atom is -0.357 e. The Balaban J connectivity index is 1.98. The normalized spacial score (nSPS) is 17.6. The van der Waals surface area contributed by atoms with Gasteiger partial charge in [0.15, 0.2) is 5.96 Å². The lowest BCUT2D eigenvalue weighted by Gasteiger charge is -2.28. The number of likely N-dealkylation sites (tertiary alicyclic amines) is 1. The highest BCUT2D eigenvalue weighted by molar-refractivity contribution is 7.90. The summed E-state index contributed by atoms with van der Waals surface area (Å²) in [7, 11) is -2.95. The number of guanidine groups is 1. The van der Waals surface area contributed by atoms with Crippen LogP contribution in [0.5, 0.6) is 0 Å². The van der Waals surface area contributed by atoms with E-state index < -0.39 is 9.84 Å². The molecule has 1 unspecified atom stereocenters. The third-order valence-electron chi connectivity index (χ3n) is 5.07. The lowest BCUT2D eigenvalue weighted by molar-refractivity contribution is 0.249. The average molecular weight is 429 g/mol. The molecule has 2 rings (SSSR count). The van der Waals surface area contributed by atoms with Gasteiger partial charge in [0.25, 0.3) is 0 Å². The summed E-state index contributed by atoms with van der Waals surface area (Å²) in [6.45, 7) is 10.7. The SMILES string of the molecule is CCNC(=NCC(C)(C)CCS(C)(=O)=O)NCC(c1cccs1)N1CCCC1. The van der Waals surface area contributed by atoms with Crippen LogP contribution in [0.4, 0.5) is 0 Å². The van der Waals surface area contributed by atoms with E-state index in [4.69, 9.17) is 4.99 Å². The second kappa shape index (κ2) is 10.6. The van der Waals surface area contributed by atoms with Crippen LogP contribution in [-0.2, 0) is 9.84 Å². The Morgan fingerprint density at radius 2 is 2.04 bits per heavy atom. The van der Waals surface area contributed by atoms with E-state index in [0.717, 1.165) is 32.1 Å². The molecule has 0 saturated carbocycles. The minimum atomic E-state index is -2.95. The highest BCUT2D eigenvalue weighted by Crippen LogP contribution is 2.28. The maximum Gasteiger partial charge on any atom is 0.191 e. The van der Waals surface area contributed by atoms with E-state index in [0.29, 0.717) is 19.0 Å². The van der Waals surface area contributed by atoms with Crippen molar-refractivity contribution in [3.8, 4) is 0 Å². The van der Waals surface area contributed by atoms with E-state index in [1.165, 1.54) is 24.0 Å². The molecule has 1 aromatic rings. The first-order chi connectivity index (χ1) is 13.2. The summed E-state index contributed by atoms with van der Waals surface area (Å²) in [5.41, 5.74) is -0.159. The topological polar surface area (TPSA) is 73.8 Å². The molecule has 1 aliphatic heterocycles. The molecule has 1 aliphatic rings. The van der Waals surface area contributed by atoms with E-state index in [1.807, 2.05) is 11.3 Å². The molecule has 2 heterocycles. The van der Waals surface area contributed by atoms with Gasteiger partial charge in [-0.1, -0.05) is 19.9 Å². The summed E-state index contributed by atoms with van der Waals surface area (Å²) in [6, 6.07) is 4.70. The van der Waals surface area contributed by atoms with Crippen LogP contribution in [0, 0.1) is 5.41 Å². The third kappa shape index (κ3) is 8.09. The van der Waals surface area contributed by atoms with Crippen LogP contribution in [0.25, 0.3) is 0 Å². The molecule has 0 aromatic carbocycles. The zero-order valence-electron chi connectivity index (χ0n) is 17.7. The van der Waals surface area contributed by atoms with Crippen molar-refractivity contribution in [2.75, 3.05) is 44.7 Å². The lowest BCUT2D eigenvalue weighted by atomic mass is 9.90. The number of nitrogens with one attached hydrogen (secondary N) is 2. The van der Waals surface area contributed by atoms with Gasteiger partial charge in [0, 0.05) is 30.8 Å². The Morgan fingerprint density at radius 3 is 2.61 bits per heavy atom. The standard InChI is InChI=1S/C20H36N4O2S2/c1-5-21-19(23-16-20(2,3)10-14-28(4,25)26)22-15-17(18-9-8-13-27-18)24-11-6-7-12-24/h8-9,13,17H,5-7,10-12,14-16H2,1-4H3,(H2,21,22,23). The van der Waals surface area contributed by atoms with E-state index in [9.17, 15) is 8.42 Å². The van der Waals surface area contributed by atoms with Crippen LogP contribution < -0.4 is 10.6 Å². The van der Waals surface area contributed by atoms with E-state index in [-0.39, 0.29) is 11.2 Å². The summed E-state index contributed by atoms with van der Waals surface area (Å²) in [5.74, 6) is 1.00. The van der Waals surface area contributed by atoms with Gasteiger partial charge in [0.1, 0.15) is 9.84 Å². The van der Waals surface area contributed by atoms with Gasteiger partial charge in [-0.15, -0.1) is 11.3 Å². The summed E-state index contributed by atoms with van der Waals surface area (Å²) in [6.07, 6.45) is 4.44. The molecule has 0 bridgehead atoms. The number of hydrogen-bond donors (Lipinski definition) is 2. The van der Waals surface area contributed by atoms with Gasteiger partial charge in [-0.2, -0.15) is 0 Å². The van der Waals surface area contributed by atoms with Crippen LogP contribution in [0.3, 0.4) is 0 Å². The highest BCUT2D eigenvalue weighted by atomic mass is 32.2. The predicted molar refractivity (Wildman–Crippen MR) is 120 cm³/mol. The Bertz CT molecular complexity index is 709. The van der Waals surface area contributed by atoms with Crippen molar-refractivity contribution in [3.05, 3.63) is 22.4 Å². The monoisotopic (exact) mass is 428 g/mol. The molecular weight excluding hydrogens is 392 g/mol. The molecule has 1 fully saturated rings.